The molecule has 33 heavy (non-hydrogen) atoms. The van der Waals surface area contributed by atoms with Crippen LogP contribution >= 0.6 is 0 Å². The second kappa shape index (κ2) is 11.1. The Morgan fingerprint density at radius 1 is 1.21 bits per heavy atom. The van der Waals surface area contributed by atoms with Crippen molar-refractivity contribution in [3.63, 3.8) is 0 Å². The van der Waals surface area contributed by atoms with Crippen LogP contribution in [0.1, 0.15) is 18.4 Å². The van der Waals surface area contributed by atoms with Crippen LogP contribution < -0.4 is 10.2 Å². The number of ether oxygens (including phenoxy) is 1. The summed E-state index contributed by atoms with van der Waals surface area (Å²) >= 11 is 0. The van der Waals surface area contributed by atoms with Crippen molar-refractivity contribution < 1.29 is 27.5 Å². The maximum atomic E-state index is 13.2. The molecule has 11 heteroatoms. The zero-order valence-electron chi connectivity index (χ0n) is 18.2. The number of rotatable bonds is 8. The van der Waals surface area contributed by atoms with Crippen LogP contribution in [0, 0.1) is 5.92 Å². The number of nitrogens with one attached hydrogen (secondary N) is 1. The Balaban J connectivity index is 1.69. The van der Waals surface area contributed by atoms with Crippen molar-refractivity contribution in [3.05, 3.63) is 48.3 Å². The van der Waals surface area contributed by atoms with Crippen LogP contribution in [0.4, 0.5) is 24.8 Å². The molecule has 0 radical (unpaired) electrons. The molecule has 2 amide bonds. The molecule has 8 nitrogen and oxygen atoms in total. The maximum Gasteiger partial charge on any atom is 0.418 e. The summed E-state index contributed by atoms with van der Waals surface area (Å²) in [5.41, 5.74) is -1.29. The first-order valence-electron chi connectivity index (χ1n) is 10.6. The average molecular weight is 465 g/mol. The minimum Gasteiger partial charge on any atom is -0.383 e. The smallest absolute Gasteiger partial charge is 0.383 e. The number of para-hydroxylation sites is 1. The number of alkyl halides is 3. The minimum absolute atomic E-state index is 0.141. The molecule has 0 bridgehead atoms. The number of methoxy groups -OCH3 is 1. The van der Waals surface area contributed by atoms with Gasteiger partial charge in [0.25, 0.3) is 0 Å². The molecule has 1 fully saturated rings. The van der Waals surface area contributed by atoms with Gasteiger partial charge in [-0.05, 0) is 31.0 Å². The molecule has 1 aromatic heterocycles. The molecular weight excluding hydrogens is 439 g/mol. The molecule has 3 rings (SSSR count). The van der Waals surface area contributed by atoms with E-state index < -0.39 is 23.6 Å². The number of hydrogen-bond acceptors (Lipinski definition) is 6. The zero-order chi connectivity index (χ0) is 23.8. The van der Waals surface area contributed by atoms with E-state index in [2.05, 4.69) is 15.3 Å². The highest BCUT2D eigenvalue weighted by Gasteiger charge is 2.34. The van der Waals surface area contributed by atoms with Crippen molar-refractivity contribution in [2.45, 2.75) is 19.0 Å². The lowest BCUT2D eigenvalue weighted by Crippen LogP contribution is -2.48. The van der Waals surface area contributed by atoms with Gasteiger partial charge in [0.05, 0.1) is 30.3 Å². The number of anilines is 2. The van der Waals surface area contributed by atoms with E-state index in [1.165, 1.54) is 30.2 Å². The molecule has 1 atom stereocenters. The van der Waals surface area contributed by atoms with Crippen molar-refractivity contribution in [1.82, 2.24) is 14.9 Å². The van der Waals surface area contributed by atoms with E-state index in [4.69, 9.17) is 4.74 Å². The van der Waals surface area contributed by atoms with E-state index in [1.54, 1.807) is 18.5 Å². The fourth-order valence-electron chi connectivity index (χ4n) is 3.74. The fraction of sp³-hybridized carbons (Fsp3) is 0.455. The molecular formula is C22H26F3N5O3. The summed E-state index contributed by atoms with van der Waals surface area (Å²) in [6.45, 7) is 1.05. The zero-order valence-corrected chi connectivity index (χ0v) is 18.2. The van der Waals surface area contributed by atoms with Gasteiger partial charge in [0.15, 0.2) is 0 Å². The Morgan fingerprint density at radius 3 is 2.64 bits per heavy atom. The predicted molar refractivity (Wildman–Crippen MR) is 115 cm³/mol. The molecule has 0 aliphatic carbocycles. The molecule has 0 spiro atoms. The maximum absolute atomic E-state index is 13.2. The third kappa shape index (κ3) is 6.64. The number of nitrogens with zero attached hydrogens (tertiary/aromatic N) is 4. The van der Waals surface area contributed by atoms with Crippen LogP contribution in [0.2, 0.25) is 0 Å². The Bertz CT molecular complexity index is 942. The van der Waals surface area contributed by atoms with Crippen molar-refractivity contribution in [2.75, 3.05) is 50.1 Å². The highest BCUT2D eigenvalue weighted by Crippen LogP contribution is 2.34. The van der Waals surface area contributed by atoms with Crippen LogP contribution in [0.15, 0.2) is 42.7 Å². The number of aromatic nitrogens is 2. The van der Waals surface area contributed by atoms with Gasteiger partial charge in [-0.3, -0.25) is 9.59 Å². The molecule has 1 unspecified atom stereocenters. The van der Waals surface area contributed by atoms with E-state index in [-0.39, 0.29) is 31.3 Å². The standard InChI is InChI=1S/C22H26F3N5O3/c1-33-13-12-29(15-19(31)28-18-8-3-2-7-17(18)22(23,24)25)20(32)16-6-4-11-30(14-16)21-26-9-5-10-27-21/h2-3,5,7-10,16H,4,6,11-15H2,1H3,(H,28,31). The van der Waals surface area contributed by atoms with Gasteiger partial charge >= 0.3 is 6.18 Å². The van der Waals surface area contributed by atoms with Crippen LogP contribution in [0.3, 0.4) is 0 Å². The van der Waals surface area contributed by atoms with Crippen LogP contribution in [0.5, 0.6) is 0 Å². The number of halogens is 3. The van der Waals surface area contributed by atoms with Crippen molar-refractivity contribution in [1.29, 1.82) is 0 Å². The Hall–Kier alpha value is -3.21. The van der Waals surface area contributed by atoms with E-state index in [9.17, 15) is 22.8 Å². The number of carbonyl (C=O) groups is 2. The van der Waals surface area contributed by atoms with E-state index in [1.807, 2.05) is 4.90 Å². The summed E-state index contributed by atoms with van der Waals surface area (Å²) < 4.78 is 44.7. The number of benzene rings is 1. The number of hydrogen-bond donors (Lipinski definition) is 1. The normalized spacial score (nSPS) is 16.4. The van der Waals surface area contributed by atoms with Gasteiger partial charge in [-0.25, -0.2) is 9.97 Å². The van der Waals surface area contributed by atoms with Gasteiger partial charge in [-0.1, -0.05) is 12.1 Å². The van der Waals surface area contributed by atoms with Gasteiger partial charge in [-0.2, -0.15) is 13.2 Å². The van der Waals surface area contributed by atoms with Crippen molar-refractivity contribution in [2.24, 2.45) is 5.92 Å². The summed E-state index contributed by atoms with van der Waals surface area (Å²) in [6.07, 6.45) is 0.0200. The molecule has 1 aromatic carbocycles. The first kappa shape index (κ1) is 24.4. The highest BCUT2D eigenvalue weighted by molar-refractivity contribution is 5.95. The minimum atomic E-state index is -4.61. The fourth-order valence-corrected chi connectivity index (χ4v) is 3.74. The topological polar surface area (TPSA) is 87.7 Å². The summed E-state index contributed by atoms with van der Waals surface area (Å²) in [4.78, 5) is 37.5. The second-order valence-corrected chi connectivity index (χ2v) is 7.68. The van der Waals surface area contributed by atoms with Gasteiger partial charge in [0, 0.05) is 39.1 Å². The van der Waals surface area contributed by atoms with Gasteiger partial charge in [0.1, 0.15) is 0 Å². The summed E-state index contributed by atoms with van der Waals surface area (Å²) in [7, 11) is 1.47. The van der Waals surface area contributed by atoms with Gasteiger partial charge in [-0.15, -0.1) is 0 Å². The van der Waals surface area contributed by atoms with E-state index in [0.717, 1.165) is 12.5 Å². The van der Waals surface area contributed by atoms with E-state index >= 15 is 0 Å². The Kier molecular flexibility index (Phi) is 8.21. The lowest BCUT2D eigenvalue weighted by atomic mass is 9.96. The molecule has 0 saturated carbocycles. The van der Waals surface area contributed by atoms with Crippen LogP contribution in [-0.2, 0) is 20.5 Å². The van der Waals surface area contributed by atoms with Crippen LogP contribution in [-0.4, -0.2) is 66.6 Å². The molecule has 1 aliphatic rings. The van der Waals surface area contributed by atoms with Crippen molar-refractivity contribution >= 4 is 23.5 Å². The lowest BCUT2D eigenvalue weighted by molar-refractivity contribution is -0.139. The van der Waals surface area contributed by atoms with E-state index in [0.29, 0.717) is 25.5 Å². The number of amides is 2. The van der Waals surface area contributed by atoms with Gasteiger partial charge < -0.3 is 19.9 Å². The third-order valence-electron chi connectivity index (χ3n) is 5.32. The highest BCUT2D eigenvalue weighted by atomic mass is 19.4. The Morgan fingerprint density at radius 2 is 1.94 bits per heavy atom. The lowest BCUT2D eigenvalue weighted by Gasteiger charge is -2.34. The Labute approximate surface area is 189 Å². The summed E-state index contributed by atoms with van der Waals surface area (Å²) in [5.74, 6) is -0.836. The first-order valence-corrected chi connectivity index (χ1v) is 10.6. The molecule has 1 saturated heterocycles. The summed E-state index contributed by atoms with van der Waals surface area (Å²) in [6, 6.07) is 6.43. The van der Waals surface area contributed by atoms with Crippen molar-refractivity contribution in [3.8, 4) is 0 Å². The molecule has 2 aromatic rings. The molecule has 178 valence electrons. The molecule has 2 heterocycles. The SMILES string of the molecule is COCCN(CC(=O)Nc1ccccc1C(F)(F)F)C(=O)C1CCCN(c2ncccn2)C1. The first-order chi connectivity index (χ1) is 15.8. The quantitative estimate of drug-likeness (QED) is 0.645. The second-order valence-electron chi connectivity index (χ2n) is 7.68. The monoisotopic (exact) mass is 465 g/mol. The molecule has 1 N–H and O–H groups in total. The predicted octanol–water partition coefficient (Wildman–Crippen LogP) is 2.83. The number of piperidine rings is 1. The summed E-state index contributed by atoms with van der Waals surface area (Å²) in [5, 5.41) is 2.29. The third-order valence-corrected chi connectivity index (χ3v) is 5.32. The number of carbonyl (C=O) groups excluding carboxylic acids is 2. The van der Waals surface area contributed by atoms with Gasteiger partial charge in [0.2, 0.25) is 17.8 Å². The van der Waals surface area contributed by atoms with Crippen LogP contribution in [0.25, 0.3) is 0 Å². The largest absolute Gasteiger partial charge is 0.418 e. The molecule has 1 aliphatic heterocycles. The average Bonchev–Trinajstić information content (AvgIpc) is 2.81.